The summed E-state index contributed by atoms with van der Waals surface area (Å²) >= 11 is 0. The largest absolute Gasteiger partial charge is 0.332 e. The molecule has 1 aromatic heterocycles. The summed E-state index contributed by atoms with van der Waals surface area (Å²) < 4.78 is 13.0. The van der Waals surface area contributed by atoms with Crippen molar-refractivity contribution >= 4 is 5.91 Å². The lowest BCUT2D eigenvalue weighted by Crippen LogP contribution is -2.57. The van der Waals surface area contributed by atoms with Crippen LogP contribution in [0.15, 0.2) is 30.3 Å². The summed E-state index contributed by atoms with van der Waals surface area (Å²) in [7, 11) is 0. The lowest BCUT2D eigenvalue weighted by molar-refractivity contribution is 0.0597. The van der Waals surface area contributed by atoms with Crippen molar-refractivity contribution < 1.29 is 9.18 Å². The molecule has 1 aliphatic heterocycles. The summed E-state index contributed by atoms with van der Waals surface area (Å²) in [5, 5.41) is 10.3. The number of aromatic nitrogens is 2. The molecule has 1 fully saturated rings. The van der Waals surface area contributed by atoms with Crippen molar-refractivity contribution in [1.82, 2.24) is 20.4 Å². The van der Waals surface area contributed by atoms with Crippen LogP contribution in [0.3, 0.4) is 0 Å². The van der Waals surface area contributed by atoms with Crippen LogP contribution in [0, 0.1) is 5.82 Å². The number of carbonyl (C=O) groups is 1. The maximum absolute atomic E-state index is 13.0. The highest BCUT2D eigenvalue weighted by Crippen LogP contribution is 2.20. The van der Waals surface area contributed by atoms with E-state index in [1.165, 1.54) is 12.1 Å². The van der Waals surface area contributed by atoms with E-state index in [4.69, 9.17) is 0 Å². The summed E-state index contributed by atoms with van der Waals surface area (Å²) in [5.74, 6) is -0.346. The van der Waals surface area contributed by atoms with Gasteiger partial charge in [0.1, 0.15) is 11.5 Å². The summed E-state index contributed by atoms with van der Waals surface area (Å²) in [6, 6.07) is 8.16. The van der Waals surface area contributed by atoms with Gasteiger partial charge in [0, 0.05) is 30.7 Å². The first-order valence-electron chi connectivity index (χ1n) is 7.42. The van der Waals surface area contributed by atoms with Gasteiger partial charge in [-0.25, -0.2) is 4.39 Å². The number of benzene rings is 1. The Bertz CT molecular complexity index is 667. The highest BCUT2D eigenvalue weighted by Gasteiger charge is 2.29. The topological polar surface area (TPSA) is 61.0 Å². The van der Waals surface area contributed by atoms with E-state index < -0.39 is 0 Å². The zero-order valence-electron chi connectivity index (χ0n) is 12.6. The molecule has 2 N–H and O–H groups in total. The molecule has 2 aromatic rings. The zero-order valence-corrected chi connectivity index (χ0v) is 12.6. The number of aromatic amines is 1. The Balaban J connectivity index is 1.81. The van der Waals surface area contributed by atoms with E-state index in [9.17, 15) is 9.18 Å². The summed E-state index contributed by atoms with van der Waals surface area (Å²) in [6.45, 7) is 5.57. The maximum Gasteiger partial charge on any atom is 0.272 e. The van der Waals surface area contributed by atoms with Crippen LogP contribution in [0.25, 0.3) is 11.3 Å². The van der Waals surface area contributed by atoms with Gasteiger partial charge >= 0.3 is 0 Å². The Morgan fingerprint density at radius 2 is 2.05 bits per heavy atom. The van der Waals surface area contributed by atoms with E-state index in [-0.39, 0.29) is 23.8 Å². The number of piperazine rings is 1. The number of halogens is 1. The van der Waals surface area contributed by atoms with Gasteiger partial charge in [0.05, 0.1) is 5.69 Å². The van der Waals surface area contributed by atoms with Gasteiger partial charge in [-0.2, -0.15) is 5.10 Å². The van der Waals surface area contributed by atoms with Gasteiger partial charge in [-0.05, 0) is 44.2 Å². The average molecular weight is 302 g/mol. The fourth-order valence-corrected chi connectivity index (χ4v) is 2.70. The molecule has 0 saturated carbocycles. The lowest BCUT2D eigenvalue weighted by atomic mass is 10.1. The van der Waals surface area contributed by atoms with Crippen LogP contribution in [0.1, 0.15) is 24.3 Å². The lowest BCUT2D eigenvalue weighted by Gasteiger charge is -2.38. The van der Waals surface area contributed by atoms with E-state index >= 15 is 0 Å². The number of carbonyl (C=O) groups excluding carboxylic acids is 1. The number of H-pyrrole nitrogens is 1. The van der Waals surface area contributed by atoms with Crippen molar-refractivity contribution in [3.8, 4) is 11.3 Å². The van der Waals surface area contributed by atoms with E-state index in [1.54, 1.807) is 18.2 Å². The molecule has 2 heterocycles. The quantitative estimate of drug-likeness (QED) is 0.892. The van der Waals surface area contributed by atoms with Gasteiger partial charge in [-0.1, -0.05) is 0 Å². The van der Waals surface area contributed by atoms with Crippen LogP contribution >= 0.6 is 0 Å². The van der Waals surface area contributed by atoms with Gasteiger partial charge in [-0.3, -0.25) is 9.89 Å². The smallest absolute Gasteiger partial charge is 0.272 e. The number of rotatable bonds is 2. The van der Waals surface area contributed by atoms with Gasteiger partial charge in [-0.15, -0.1) is 0 Å². The number of hydrogen-bond acceptors (Lipinski definition) is 3. The predicted octanol–water partition coefficient (Wildman–Crippen LogP) is 2.04. The normalized spacial score (nSPS) is 21.9. The van der Waals surface area contributed by atoms with E-state index in [1.807, 2.05) is 11.8 Å². The SMILES string of the molecule is CC1NCCN(C(=O)c2cc(-c3ccc(F)cc3)n[nH]2)C1C. The fraction of sp³-hybridized carbons (Fsp3) is 0.375. The predicted molar refractivity (Wildman–Crippen MR) is 81.9 cm³/mol. The standard InChI is InChI=1S/C16H19FN4O/c1-10-11(2)21(8-7-18-10)16(22)15-9-14(19-20-15)12-3-5-13(17)6-4-12/h3-6,9-11,18H,7-8H2,1-2H3,(H,19,20). The molecule has 1 aromatic carbocycles. The third-order valence-electron chi connectivity index (χ3n) is 4.24. The number of nitrogens with zero attached hydrogens (tertiary/aromatic N) is 2. The average Bonchev–Trinajstić information content (AvgIpc) is 3.00. The second-order valence-corrected chi connectivity index (χ2v) is 5.66. The van der Waals surface area contributed by atoms with Crippen molar-refractivity contribution in [2.75, 3.05) is 13.1 Å². The molecule has 5 nitrogen and oxygen atoms in total. The van der Waals surface area contributed by atoms with Crippen LogP contribution in [0.5, 0.6) is 0 Å². The highest BCUT2D eigenvalue weighted by molar-refractivity contribution is 5.93. The fourth-order valence-electron chi connectivity index (χ4n) is 2.70. The van der Waals surface area contributed by atoms with Crippen molar-refractivity contribution in [3.63, 3.8) is 0 Å². The first-order chi connectivity index (χ1) is 10.6. The monoisotopic (exact) mass is 302 g/mol. The molecular weight excluding hydrogens is 283 g/mol. The van der Waals surface area contributed by atoms with Crippen molar-refractivity contribution in [2.45, 2.75) is 25.9 Å². The molecule has 2 unspecified atom stereocenters. The second kappa shape index (κ2) is 5.88. The molecule has 2 atom stereocenters. The molecule has 0 spiro atoms. The van der Waals surface area contributed by atoms with Gasteiger partial charge in [0.25, 0.3) is 5.91 Å². The minimum atomic E-state index is -0.292. The molecule has 0 bridgehead atoms. The third-order valence-corrected chi connectivity index (χ3v) is 4.24. The molecule has 0 radical (unpaired) electrons. The van der Waals surface area contributed by atoms with Gasteiger partial charge < -0.3 is 10.2 Å². The Labute approximate surface area is 128 Å². The Hall–Kier alpha value is -2.21. The molecule has 116 valence electrons. The minimum Gasteiger partial charge on any atom is -0.332 e. The molecular formula is C16H19FN4O. The van der Waals surface area contributed by atoms with Crippen LogP contribution in [-0.2, 0) is 0 Å². The molecule has 22 heavy (non-hydrogen) atoms. The van der Waals surface area contributed by atoms with Crippen molar-refractivity contribution in [1.29, 1.82) is 0 Å². The van der Waals surface area contributed by atoms with Crippen molar-refractivity contribution in [2.24, 2.45) is 0 Å². The molecule has 6 heteroatoms. The summed E-state index contributed by atoms with van der Waals surface area (Å²) in [4.78, 5) is 14.5. The van der Waals surface area contributed by atoms with Crippen LogP contribution in [-0.4, -0.2) is 46.2 Å². The van der Waals surface area contributed by atoms with Gasteiger partial charge in [0.2, 0.25) is 0 Å². The van der Waals surface area contributed by atoms with Crippen LogP contribution in [0.2, 0.25) is 0 Å². The number of amides is 1. The Kier molecular flexibility index (Phi) is 3.94. The molecule has 0 aliphatic carbocycles. The first-order valence-corrected chi connectivity index (χ1v) is 7.42. The third kappa shape index (κ3) is 2.74. The molecule has 1 aliphatic rings. The highest BCUT2D eigenvalue weighted by atomic mass is 19.1. The van der Waals surface area contributed by atoms with Crippen LogP contribution < -0.4 is 5.32 Å². The molecule has 3 rings (SSSR count). The van der Waals surface area contributed by atoms with Crippen LogP contribution in [0.4, 0.5) is 4.39 Å². The van der Waals surface area contributed by atoms with E-state index in [2.05, 4.69) is 22.4 Å². The maximum atomic E-state index is 13.0. The first kappa shape index (κ1) is 14.7. The molecule has 1 saturated heterocycles. The summed E-state index contributed by atoms with van der Waals surface area (Å²) in [5.41, 5.74) is 1.87. The van der Waals surface area contributed by atoms with E-state index in [0.717, 1.165) is 12.1 Å². The van der Waals surface area contributed by atoms with E-state index in [0.29, 0.717) is 17.9 Å². The number of nitrogens with one attached hydrogen (secondary N) is 2. The van der Waals surface area contributed by atoms with Crippen molar-refractivity contribution in [3.05, 3.63) is 41.8 Å². The summed E-state index contributed by atoms with van der Waals surface area (Å²) in [6.07, 6.45) is 0. The Morgan fingerprint density at radius 3 is 2.77 bits per heavy atom. The van der Waals surface area contributed by atoms with Gasteiger partial charge in [0.15, 0.2) is 0 Å². The molecule has 1 amide bonds. The second-order valence-electron chi connectivity index (χ2n) is 5.66. The minimum absolute atomic E-state index is 0.0540. The Morgan fingerprint density at radius 1 is 1.32 bits per heavy atom. The number of hydrogen-bond donors (Lipinski definition) is 2. The zero-order chi connectivity index (χ0) is 15.7.